The molecule has 0 bridgehead atoms. The summed E-state index contributed by atoms with van der Waals surface area (Å²) in [5.41, 5.74) is 0.310. The average Bonchev–Trinajstić information content (AvgIpc) is 2.79. The Hall–Kier alpha value is -0.490. The standard InChI is InChI=1S/C14H24N4S/c1-14(2)11-16(3)8-12-9-17(5-6-18(12)14)10-13-15-4-7-19-13/h4,7,12H,5-6,8-11H2,1-3H3. The summed E-state index contributed by atoms with van der Waals surface area (Å²) in [5, 5.41) is 3.32. The maximum absolute atomic E-state index is 4.41. The van der Waals surface area contributed by atoms with Crippen molar-refractivity contribution in [2.45, 2.75) is 32.0 Å². The van der Waals surface area contributed by atoms with Crippen molar-refractivity contribution in [2.24, 2.45) is 0 Å². The number of likely N-dealkylation sites (N-methyl/N-ethyl adjacent to an activating group) is 1. The van der Waals surface area contributed by atoms with Crippen LogP contribution in [0.3, 0.4) is 0 Å². The van der Waals surface area contributed by atoms with E-state index in [-0.39, 0.29) is 0 Å². The van der Waals surface area contributed by atoms with E-state index in [0.717, 1.165) is 6.54 Å². The van der Waals surface area contributed by atoms with Crippen molar-refractivity contribution in [1.29, 1.82) is 0 Å². The number of hydrogen-bond acceptors (Lipinski definition) is 5. The maximum atomic E-state index is 4.41. The molecule has 2 aliphatic rings. The van der Waals surface area contributed by atoms with Crippen LogP contribution in [-0.2, 0) is 6.54 Å². The third kappa shape index (κ3) is 2.84. The molecule has 106 valence electrons. The fourth-order valence-electron chi connectivity index (χ4n) is 3.71. The van der Waals surface area contributed by atoms with Gasteiger partial charge in [-0.15, -0.1) is 11.3 Å². The summed E-state index contributed by atoms with van der Waals surface area (Å²) in [6, 6.07) is 0.669. The molecule has 0 radical (unpaired) electrons. The lowest BCUT2D eigenvalue weighted by Gasteiger charge is -2.55. The summed E-state index contributed by atoms with van der Waals surface area (Å²) >= 11 is 1.77. The highest BCUT2D eigenvalue weighted by Gasteiger charge is 2.41. The number of hydrogen-bond donors (Lipinski definition) is 0. The van der Waals surface area contributed by atoms with Gasteiger partial charge in [-0.05, 0) is 20.9 Å². The minimum absolute atomic E-state index is 0.310. The highest BCUT2D eigenvalue weighted by atomic mass is 32.1. The average molecular weight is 280 g/mol. The molecule has 1 atom stereocenters. The number of fused-ring (bicyclic) bond motifs is 1. The summed E-state index contributed by atoms with van der Waals surface area (Å²) in [7, 11) is 2.25. The van der Waals surface area contributed by atoms with Crippen LogP contribution in [0.15, 0.2) is 11.6 Å². The van der Waals surface area contributed by atoms with Crippen molar-refractivity contribution in [2.75, 3.05) is 39.8 Å². The van der Waals surface area contributed by atoms with Gasteiger partial charge in [0.15, 0.2) is 0 Å². The quantitative estimate of drug-likeness (QED) is 0.816. The molecular formula is C14H24N4S. The molecule has 0 saturated carbocycles. The Bertz CT molecular complexity index is 417. The second-order valence-electron chi connectivity index (χ2n) is 6.52. The van der Waals surface area contributed by atoms with E-state index in [1.807, 2.05) is 6.20 Å². The number of rotatable bonds is 2. The lowest BCUT2D eigenvalue weighted by atomic mass is 9.93. The van der Waals surface area contributed by atoms with E-state index in [1.54, 1.807) is 11.3 Å². The molecule has 19 heavy (non-hydrogen) atoms. The molecule has 0 aromatic carbocycles. The third-order valence-corrected chi connectivity index (χ3v) is 5.13. The Morgan fingerprint density at radius 1 is 1.37 bits per heavy atom. The lowest BCUT2D eigenvalue weighted by Crippen LogP contribution is -2.68. The number of nitrogens with zero attached hydrogens (tertiary/aromatic N) is 4. The van der Waals surface area contributed by atoms with Gasteiger partial charge in [-0.25, -0.2) is 4.98 Å². The van der Waals surface area contributed by atoms with Crippen molar-refractivity contribution < 1.29 is 0 Å². The van der Waals surface area contributed by atoms with E-state index in [0.29, 0.717) is 11.6 Å². The summed E-state index contributed by atoms with van der Waals surface area (Å²) < 4.78 is 0. The molecule has 1 unspecified atom stereocenters. The van der Waals surface area contributed by atoms with Crippen LogP contribution >= 0.6 is 11.3 Å². The Morgan fingerprint density at radius 2 is 2.21 bits per heavy atom. The van der Waals surface area contributed by atoms with Crippen LogP contribution in [0.2, 0.25) is 0 Å². The molecule has 2 fully saturated rings. The van der Waals surface area contributed by atoms with Gasteiger partial charge in [0.05, 0.1) is 6.54 Å². The molecule has 3 rings (SSSR count). The summed E-state index contributed by atoms with van der Waals surface area (Å²) in [4.78, 5) is 12.2. The van der Waals surface area contributed by atoms with Gasteiger partial charge >= 0.3 is 0 Å². The van der Waals surface area contributed by atoms with Crippen molar-refractivity contribution >= 4 is 11.3 Å². The molecule has 0 aliphatic carbocycles. The predicted molar refractivity (Wildman–Crippen MR) is 79.5 cm³/mol. The third-order valence-electron chi connectivity index (χ3n) is 4.37. The molecule has 2 saturated heterocycles. The van der Waals surface area contributed by atoms with Crippen LogP contribution in [0.25, 0.3) is 0 Å². The Balaban J connectivity index is 1.66. The van der Waals surface area contributed by atoms with E-state index < -0.39 is 0 Å². The van der Waals surface area contributed by atoms with Crippen LogP contribution in [0, 0.1) is 0 Å². The van der Waals surface area contributed by atoms with Crippen molar-refractivity contribution in [3.8, 4) is 0 Å². The van der Waals surface area contributed by atoms with Crippen LogP contribution < -0.4 is 0 Å². The van der Waals surface area contributed by atoms with Gasteiger partial charge in [0, 0.05) is 55.9 Å². The second kappa shape index (κ2) is 5.13. The van der Waals surface area contributed by atoms with Crippen LogP contribution in [0.5, 0.6) is 0 Å². The SMILES string of the molecule is CN1CC2CN(Cc3nccs3)CCN2C(C)(C)C1. The molecule has 5 heteroatoms. The Labute approximate surface area is 120 Å². The van der Waals surface area contributed by atoms with Crippen LogP contribution in [0.4, 0.5) is 0 Å². The van der Waals surface area contributed by atoms with E-state index in [4.69, 9.17) is 0 Å². The van der Waals surface area contributed by atoms with E-state index >= 15 is 0 Å². The highest BCUT2D eigenvalue weighted by Crippen LogP contribution is 2.27. The molecule has 2 aliphatic heterocycles. The molecule has 3 heterocycles. The molecule has 1 aromatic rings. The van der Waals surface area contributed by atoms with Gasteiger partial charge in [0.25, 0.3) is 0 Å². The Morgan fingerprint density at radius 3 is 2.95 bits per heavy atom. The van der Waals surface area contributed by atoms with Gasteiger partial charge in [-0.2, -0.15) is 0 Å². The van der Waals surface area contributed by atoms with Crippen LogP contribution in [-0.4, -0.2) is 71.0 Å². The zero-order chi connectivity index (χ0) is 13.5. The molecule has 0 amide bonds. The minimum atomic E-state index is 0.310. The zero-order valence-corrected chi connectivity index (χ0v) is 13.0. The molecule has 0 N–H and O–H groups in total. The number of aromatic nitrogens is 1. The second-order valence-corrected chi connectivity index (χ2v) is 7.50. The minimum Gasteiger partial charge on any atom is -0.303 e. The van der Waals surface area contributed by atoms with Gasteiger partial charge in [0.2, 0.25) is 0 Å². The van der Waals surface area contributed by atoms with Crippen molar-refractivity contribution in [3.05, 3.63) is 16.6 Å². The normalized spacial score (nSPS) is 29.3. The molecular weight excluding hydrogens is 256 g/mol. The summed E-state index contributed by atoms with van der Waals surface area (Å²) in [6.07, 6.45) is 1.91. The fourth-order valence-corrected chi connectivity index (χ4v) is 4.37. The largest absolute Gasteiger partial charge is 0.303 e. The van der Waals surface area contributed by atoms with E-state index in [9.17, 15) is 0 Å². The predicted octanol–water partition coefficient (Wildman–Crippen LogP) is 1.35. The first-order chi connectivity index (χ1) is 9.04. The number of piperazine rings is 2. The highest BCUT2D eigenvalue weighted by molar-refractivity contribution is 7.09. The van der Waals surface area contributed by atoms with Crippen molar-refractivity contribution in [3.63, 3.8) is 0 Å². The monoisotopic (exact) mass is 280 g/mol. The van der Waals surface area contributed by atoms with Crippen molar-refractivity contribution in [1.82, 2.24) is 19.7 Å². The first-order valence-electron chi connectivity index (χ1n) is 7.10. The van der Waals surface area contributed by atoms with Gasteiger partial charge in [-0.3, -0.25) is 9.80 Å². The first kappa shape index (κ1) is 13.5. The lowest BCUT2D eigenvalue weighted by molar-refractivity contribution is -0.0592. The fraction of sp³-hybridized carbons (Fsp3) is 0.786. The Kier molecular flexibility index (Phi) is 3.64. The van der Waals surface area contributed by atoms with E-state index in [2.05, 4.69) is 46.0 Å². The smallest absolute Gasteiger partial charge is 0.107 e. The first-order valence-corrected chi connectivity index (χ1v) is 7.98. The maximum Gasteiger partial charge on any atom is 0.107 e. The summed E-state index contributed by atoms with van der Waals surface area (Å²) in [6.45, 7) is 11.7. The van der Waals surface area contributed by atoms with Crippen LogP contribution in [0.1, 0.15) is 18.9 Å². The van der Waals surface area contributed by atoms with E-state index in [1.165, 1.54) is 37.7 Å². The zero-order valence-electron chi connectivity index (χ0n) is 12.2. The topological polar surface area (TPSA) is 22.6 Å². The molecule has 4 nitrogen and oxygen atoms in total. The summed E-state index contributed by atoms with van der Waals surface area (Å²) in [5.74, 6) is 0. The number of thiazole rings is 1. The van der Waals surface area contributed by atoms with Gasteiger partial charge < -0.3 is 4.90 Å². The molecule has 0 spiro atoms. The molecule has 1 aromatic heterocycles. The van der Waals surface area contributed by atoms with Gasteiger partial charge in [-0.1, -0.05) is 0 Å². The van der Waals surface area contributed by atoms with Gasteiger partial charge in [0.1, 0.15) is 5.01 Å².